The van der Waals surface area contributed by atoms with E-state index in [2.05, 4.69) is 11.9 Å². The average Bonchev–Trinajstić information content (AvgIpc) is 2.61. The number of aliphatic hydroxyl groups is 2. The van der Waals surface area contributed by atoms with Crippen LogP contribution in [0.2, 0.25) is 0 Å². The van der Waals surface area contributed by atoms with Crippen LogP contribution < -0.4 is 11.1 Å². The second kappa shape index (κ2) is 6.19. The normalized spacial score (nSPS) is 36.6. The predicted octanol–water partition coefficient (Wildman–Crippen LogP) is 0.891. The molecule has 1 aromatic carbocycles. The summed E-state index contributed by atoms with van der Waals surface area (Å²) >= 11 is 0. The van der Waals surface area contributed by atoms with E-state index in [4.69, 9.17) is 5.73 Å². The standard InChI is InChI=1S/C21H26N2O4/c1-2-9-23-16-6-7-20-11-13(24)5-8-21(20,27)15(16)10-12-3-4-14(19(22)26)18(25)17(12)20/h2-5,8,13,15-16,23-25,27H,1,6-7,9-11H2,(H2,22,26)/t13?,15-,16?,20+,21+/m0/s1. The van der Waals surface area contributed by atoms with Gasteiger partial charge in [0.2, 0.25) is 0 Å². The minimum Gasteiger partial charge on any atom is -0.507 e. The Labute approximate surface area is 158 Å². The van der Waals surface area contributed by atoms with Crippen molar-refractivity contribution in [2.24, 2.45) is 11.7 Å². The number of primary amides is 1. The summed E-state index contributed by atoms with van der Waals surface area (Å²) in [5.41, 5.74) is 4.90. The number of rotatable bonds is 4. The van der Waals surface area contributed by atoms with E-state index in [1.54, 1.807) is 24.3 Å². The van der Waals surface area contributed by atoms with Crippen LogP contribution in [-0.4, -0.2) is 45.5 Å². The van der Waals surface area contributed by atoms with Gasteiger partial charge < -0.3 is 26.4 Å². The third-order valence-electron chi connectivity index (χ3n) is 6.80. The molecule has 1 amide bonds. The molecule has 0 aromatic heterocycles. The van der Waals surface area contributed by atoms with Gasteiger partial charge in [0.05, 0.1) is 17.3 Å². The van der Waals surface area contributed by atoms with Crippen LogP contribution in [0.25, 0.3) is 0 Å². The van der Waals surface area contributed by atoms with Crippen molar-refractivity contribution in [1.29, 1.82) is 0 Å². The van der Waals surface area contributed by atoms with Crippen LogP contribution in [0.4, 0.5) is 0 Å². The molecule has 6 nitrogen and oxygen atoms in total. The number of carbonyl (C=O) groups is 1. The Kier molecular flexibility index (Phi) is 4.18. The molecule has 6 N–H and O–H groups in total. The largest absolute Gasteiger partial charge is 0.507 e. The quantitative estimate of drug-likeness (QED) is 0.505. The molecule has 2 unspecified atom stereocenters. The van der Waals surface area contributed by atoms with Crippen LogP contribution in [0.1, 0.15) is 40.7 Å². The minimum absolute atomic E-state index is 0.0554. The summed E-state index contributed by atoms with van der Waals surface area (Å²) in [6.07, 6.45) is 6.66. The highest BCUT2D eigenvalue weighted by Crippen LogP contribution is 2.61. The van der Waals surface area contributed by atoms with Crippen LogP contribution in [-0.2, 0) is 11.8 Å². The highest BCUT2D eigenvalue weighted by atomic mass is 16.3. The number of carbonyl (C=O) groups excluding carboxylic acids is 1. The molecule has 2 bridgehead atoms. The van der Waals surface area contributed by atoms with Gasteiger partial charge in [0.15, 0.2) is 0 Å². The van der Waals surface area contributed by atoms with Gasteiger partial charge in [-0.2, -0.15) is 0 Å². The van der Waals surface area contributed by atoms with E-state index in [1.165, 1.54) is 0 Å². The molecule has 4 rings (SSSR count). The number of hydrogen-bond acceptors (Lipinski definition) is 5. The topological polar surface area (TPSA) is 116 Å². The molecule has 6 heteroatoms. The Morgan fingerprint density at radius 3 is 2.93 bits per heavy atom. The number of phenols is 1. The molecule has 0 aliphatic heterocycles. The number of benzene rings is 1. The van der Waals surface area contributed by atoms with Crippen molar-refractivity contribution in [1.82, 2.24) is 5.32 Å². The first-order valence-corrected chi connectivity index (χ1v) is 9.43. The van der Waals surface area contributed by atoms with Crippen LogP contribution in [0.15, 0.2) is 36.9 Å². The third kappa shape index (κ3) is 2.40. The summed E-state index contributed by atoms with van der Waals surface area (Å²) in [5.74, 6) is -0.969. The van der Waals surface area contributed by atoms with Crippen molar-refractivity contribution in [3.63, 3.8) is 0 Å². The van der Waals surface area contributed by atoms with Crippen LogP contribution in [0.5, 0.6) is 5.75 Å². The van der Waals surface area contributed by atoms with E-state index in [1.807, 2.05) is 6.07 Å². The lowest BCUT2D eigenvalue weighted by Crippen LogP contribution is -2.68. The number of aromatic hydroxyl groups is 1. The monoisotopic (exact) mass is 370 g/mol. The van der Waals surface area contributed by atoms with E-state index in [0.29, 0.717) is 31.4 Å². The van der Waals surface area contributed by atoms with Crippen molar-refractivity contribution in [3.05, 3.63) is 53.6 Å². The molecule has 3 aliphatic carbocycles. The number of nitrogens with two attached hydrogens (primary N) is 1. The summed E-state index contributed by atoms with van der Waals surface area (Å²) in [5, 5.41) is 36.6. The summed E-state index contributed by atoms with van der Waals surface area (Å²) in [4.78, 5) is 11.8. The zero-order chi connectivity index (χ0) is 19.4. The van der Waals surface area contributed by atoms with Gasteiger partial charge in [-0.3, -0.25) is 4.79 Å². The number of amides is 1. The summed E-state index contributed by atoms with van der Waals surface area (Å²) in [6.45, 7) is 4.41. The first-order valence-electron chi connectivity index (χ1n) is 9.43. The average molecular weight is 370 g/mol. The van der Waals surface area contributed by atoms with Gasteiger partial charge in [-0.05, 0) is 37.3 Å². The maximum absolute atomic E-state index is 11.9. The van der Waals surface area contributed by atoms with Crippen LogP contribution >= 0.6 is 0 Å². The van der Waals surface area contributed by atoms with Gasteiger partial charge in [-0.15, -0.1) is 6.58 Å². The van der Waals surface area contributed by atoms with Gasteiger partial charge >= 0.3 is 0 Å². The molecule has 0 radical (unpaired) electrons. The van der Waals surface area contributed by atoms with Crippen molar-refractivity contribution in [3.8, 4) is 5.75 Å². The highest BCUT2D eigenvalue weighted by Gasteiger charge is 2.64. The van der Waals surface area contributed by atoms with E-state index in [9.17, 15) is 20.1 Å². The molecule has 1 fully saturated rings. The van der Waals surface area contributed by atoms with E-state index in [0.717, 1.165) is 12.0 Å². The lowest BCUT2D eigenvalue weighted by atomic mass is 9.46. The first kappa shape index (κ1) is 18.2. The molecule has 0 spiro atoms. The number of hydrogen-bond donors (Lipinski definition) is 5. The van der Waals surface area contributed by atoms with E-state index in [-0.39, 0.29) is 23.3 Å². The van der Waals surface area contributed by atoms with Crippen molar-refractivity contribution >= 4 is 5.91 Å². The molecule has 0 saturated heterocycles. The zero-order valence-electron chi connectivity index (χ0n) is 15.2. The smallest absolute Gasteiger partial charge is 0.252 e. The fourth-order valence-corrected chi connectivity index (χ4v) is 5.67. The molecule has 1 saturated carbocycles. The summed E-state index contributed by atoms with van der Waals surface area (Å²) in [6, 6.07) is 3.46. The van der Waals surface area contributed by atoms with Gasteiger partial charge in [0.1, 0.15) is 5.75 Å². The summed E-state index contributed by atoms with van der Waals surface area (Å²) in [7, 11) is 0. The summed E-state index contributed by atoms with van der Waals surface area (Å²) < 4.78 is 0. The lowest BCUT2D eigenvalue weighted by Gasteiger charge is -2.61. The van der Waals surface area contributed by atoms with Crippen LogP contribution in [0.3, 0.4) is 0 Å². The zero-order valence-corrected chi connectivity index (χ0v) is 15.2. The van der Waals surface area contributed by atoms with E-state index >= 15 is 0 Å². The molecule has 1 aromatic rings. The fourth-order valence-electron chi connectivity index (χ4n) is 5.67. The number of aliphatic hydroxyl groups excluding tert-OH is 1. The van der Waals surface area contributed by atoms with Crippen molar-refractivity contribution < 1.29 is 20.1 Å². The van der Waals surface area contributed by atoms with Crippen molar-refractivity contribution in [2.75, 3.05) is 6.54 Å². The van der Waals surface area contributed by atoms with E-state index < -0.39 is 23.0 Å². The minimum atomic E-state index is -1.22. The van der Waals surface area contributed by atoms with Gasteiger partial charge in [0, 0.05) is 29.5 Å². The van der Waals surface area contributed by atoms with Gasteiger partial charge in [-0.1, -0.05) is 24.3 Å². The highest BCUT2D eigenvalue weighted by molar-refractivity contribution is 5.96. The Morgan fingerprint density at radius 2 is 2.22 bits per heavy atom. The van der Waals surface area contributed by atoms with Gasteiger partial charge in [0.25, 0.3) is 5.91 Å². The number of nitrogens with one attached hydrogen (secondary N) is 1. The van der Waals surface area contributed by atoms with Crippen LogP contribution in [0, 0.1) is 5.92 Å². The molecular weight excluding hydrogens is 344 g/mol. The van der Waals surface area contributed by atoms with Gasteiger partial charge in [-0.25, -0.2) is 0 Å². The Hall–Kier alpha value is -2.15. The first-order chi connectivity index (χ1) is 12.8. The molecule has 0 heterocycles. The molecule has 144 valence electrons. The fraction of sp³-hybridized carbons (Fsp3) is 0.476. The Morgan fingerprint density at radius 1 is 1.44 bits per heavy atom. The number of fused-ring (bicyclic) bond motifs is 1. The molecule has 27 heavy (non-hydrogen) atoms. The lowest BCUT2D eigenvalue weighted by molar-refractivity contribution is -0.116. The second-order valence-electron chi connectivity index (χ2n) is 8.05. The maximum atomic E-state index is 11.9. The predicted molar refractivity (Wildman–Crippen MR) is 101 cm³/mol. The SMILES string of the molecule is C=CCNC1CC[C@]23CC(O)C=C[C@@]2(O)[C@H]1Cc1ccc(C(N)=O)c(O)c13. The molecule has 3 aliphatic rings. The third-order valence-corrected chi connectivity index (χ3v) is 6.80. The molecule has 5 atom stereocenters. The van der Waals surface area contributed by atoms with Crippen molar-refractivity contribution in [2.45, 2.75) is 48.8 Å². The Balaban J connectivity index is 1.93. The second-order valence-corrected chi connectivity index (χ2v) is 8.05. The molecular formula is C21H26N2O4. The Bertz CT molecular complexity index is 836. The maximum Gasteiger partial charge on any atom is 0.252 e.